The summed E-state index contributed by atoms with van der Waals surface area (Å²) in [6.45, 7) is 6.46. The molecular formula is C22H23ClN4O. The average molecular weight is 395 g/mol. The van der Waals surface area contributed by atoms with E-state index in [1.54, 1.807) is 6.07 Å². The van der Waals surface area contributed by atoms with E-state index < -0.39 is 0 Å². The monoisotopic (exact) mass is 394 g/mol. The molecule has 0 aliphatic heterocycles. The first kappa shape index (κ1) is 19.8. The number of anilines is 2. The van der Waals surface area contributed by atoms with Crippen LogP contribution in [0.25, 0.3) is 0 Å². The Labute approximate surface area is 170 Å². The quantitative estimate of drug-likeness (QED) is 0.619. The van der Waals surface area contributed by atoms with E-state index in [4.69, 9.17) is 11.6 Å². The largest absolute Gasteiger partial charge is 0.354 e. The van der Waals surface area contributed by atoms with Crippen LogP contribution in [0.2, 0.25) is 5.02 Å². The number of hydrogen-bond acceptors (Lipinski definition) is 4. The fourth-order valence-electron chi connectivity index (χ4n) is 2.79. The number of nitrogens with one attached hydrogen (secondary N) is 2. The van der Waals surface area contributed by atoms with Crippen LogP contribution in [0.15, 0.2) is 48.5 Å². The van der Waals surface area contributed by atoms with Crippen LogP contribution >= 0.6 is 11.6 Å². The van der Waals surface area contributed by atoms with Gasteiger partial charge in [-0.1, -0.05) is 35.9 Å². The third-order valence-electron chi connectivity index (χ3n) is 4.34. The molecular weight excluding hydrogens is 372 g/mol. The van der Waals surface area contributed by atoms with Crippen molar-refractivity contribution in [2.75, 3.05) is 17.2 Å². The minimum absolute atomic E-state index is 0.250. The topological polar surface area (TPSA) is 66.9 Å². The first-order chi connectivity index (χ1) is 13.4. The number of amides is 1. The molecule has 1 aromatic heterocycles. The Morgan fingerprint density at radius 3 is 2.50 bits per heavy atom. The van der Waals surface area contributed by atoms with E-state index >= 15 is 0 Å². The smallest absolute Gasteiger partial charge is 0.274 e. The van der Waals surface area contributed by atoms with E-state index in [1.165, 1.54) is 0 Å². The van der Waals surface area contributed by atoms with Gasteiger partial charge in [-0.15, -0.1) is 0 Å². The second-order valence-corrected chi connectivity index (χ2v) is 7.23. The van der Waals surface area contributed by atoms with Crippen LogP contribution in [0.3, 0.4) is 0 Å². The number of rotatable bonds is 6. The van der Waals surface area contributed by atoms with Crippen molar-refractivity contribution in [3.05, 3.63) is 81.6 Å². The number of benzene rings is 2. The maximum Gasteiger partial charge on any atom is 0.274 e. The highest BCUT2D eigenvalue weighted by Crippen LogP contribution is 2.17. The number of aromatic nitrogens is 2. The summed E-state index contributed by atoms with van der Waals surface area (Å²) in [5.41, 5.74) is 5.11. The Hall–Kier alpha value is -2.92. The Morgan fingerprint density at radius 2 is 1.75 bits per heavy atom. The molecule has 28 heavy (non-hydrogen) atoms. The molecule has 0 saturated carbocycles. The van der Waals surface area contributed by atoms with Crippen molar-refractivity contribution in [1.29, 1.82) is 0 Å². The van der Waals surface area contributed by atoms with Gasteiger partial charge in [0.2, 0.25) is 5.95 Å². The van der Waals surface area contributed by atoms with Gasteiger partial charge in [-0.25, -0.2) is 9.97 Å². The van der Waals surface area contributed by atoms with Crippen LogP contribution in [-0.2, 0) is 6.42 Å². The molecule has 0 fully saturated rings. The molecule has 1 heterocycles. The van der Waals surface area contributed by atoms with Crippen LogP contribution in [0.5, 0.6) is 0 Å². The molecule has 0 saturated heterocycles. The van der Waals surface area contributed by atoms with E-state index in [1.807, 2.05) is 63.2 Å². The van der Waals surface area contributed by atoms with Crippen LogP contribution in [-0.4, -0.2) is 22.4 Å². The maximum absolute atomic E-state index is 12.7. The summed E-state index contributed by atoms with van der Waals surface area (Å²) < 4.78 is 0. The molecule has 0 aliphatic carbocycles. The normalized spacial score (nSPS) is 10.6. The Kier molecular flexibility index (Phi) is 6.26. The fraction of sp³-hybridized carbons (Fsp3) is 0.227. The first-order valence-electron chi connectivity index (χ1n) is 9.13. The molecule has 0 spiro atoms. The lowest BCUT2D eigenvalue weighted by Gasteiger charge is -2.11. The van der Waals surface area contributed by atoms with Crippen molar-refractivity contribution < 1.29 is 4.79 Å². The standard InChI is InChI=1S/C22H23ClN4O/c1-14-4-5-15(2)19(12-14)26-21(28)20-13-16(3)25-22(27-20)24-11-10-17-6-8-18(23)9-7-17/h4-9,12-13H,10-11H2,1-3H3,(H,26,28)(H,24,25,27). The molecule has 3 rings (SSSR count). The molecule has 1 amide bonds. The summed E-state index contributed by atoms with van der Waals surface area (Å²) in [7, 11) is 0. The lowest BCUT2D eigenvalue weighted by molar-refractivity contribution is 0.102. The molecule has 0 radical (unpaired) electrons. The number of aryl methyl sites for hydroxylation is 3. The molecule has 3 aromatic rings. The molecule has 0 atom stereocenters. The van der Waals surface area contributed by atoms with Gasteiger partial charge < -0.3 is 10.6 Å². The summed E-state index contributed by atoms with van der Waals surface area (Å²) in [6, 6.07) is 15.4. The number of carbonyl (C=O) groups is 1. The van der Waals surface area contributed by atoms with E-state index in [0.717, 1.165) is 39.5 Å². The highest BCUT2D eigenvalue weighted by molar-refractivity contribution is 6.30. The van der Waals surface area contributed by atoms with Gasteiger partial charge in [0.05, 0.1) is 0 Å². The van der Waals surface area contributed by atoms with Gasteiger partial charge in [0.15, 0.2) is 0 Å². The first-order valence-corrected chi connectivity index (χ1v) is 9.51. The van der Waals surface area contributed by atoms with E-state index in [2.05, 4.69) is 20.6 Å². The highest BCUT2D eigenvalue weighted by Gasteiger charge is 2.12. The van der Waals surface area contributed by atoms with Crippen LogP contribution < -0.4 is 10.6 Å². The second kappa shape index (κ2) is 8.85. The van der Waals surface area contributed by atoms with Gasteiger partial charge in [0.25, 0.3) is 5.91 Å². The zero-order valence-corrected chi connectivity index (χ0v) is 17.0. The van der Waals surface area contributed by atoms with E-state index in [-0.39, 0.29) is 5.91 Å². The fourth-order valence-corrected chi connectivity index (χ4v) is 2.92. The van der Waals surface area contributed by atoms with Crippen molar-refractivity contribution in [1.82, 2.24) is 9.97 Å². The second-order valence-electron chi connectivity index (χ2n) is 6.79. The molecule has 0 aliphatic rings. The predicted molar refractivity (Wildman–Crippen MR) is 114 cm³/mol. The summed E-state index contributed by atoms with van der Waals surface area (Å²) in [4.78, 5) is 21.4. The van der Waals surface area contributed by atoms with Gasteiger partial charge in [0, 0.05) is 22.9 Å². The minimum atomic E-state index is -0.250. The summed E-state index contributed by atoms with van der Waals surface area (Å²) >= 11 is 5.91. The SMILES string of the molecule is Cc1ccc(C)c(NC(=O)c2cc(C)nc(NCCc3ccc(Cl)cc3)n2)c1. The average Bonchev–Trinajstić information content (AvgIpc) is 2.66. The highest BCUT2D eigenvalue weighted by atomic mass is 35.5. The number of carbonyl (C=O) groups excluding carboxylic acids is 1. The Bertz CT molecular complexity index is 986. The van der Waals surface area contributed by atoms with Crippen molar-refractivity contribution in [3.63, 3.8) is 0 Å². The van der Waals surface area contributed by atoms with Gasteiger partial charge in [0.1, 0.15) is 5.69 Å². The Morgan fingerprint density at radius 1 is 1.00 bits per heavy atom. The lowest BCUT2D eigenvalue weighted by Crippen LogP contribution is -2.17. The molecule has 2 aromatic carbocycles. The number of halogens is 1. The molecule has 6 heteroatoms. The van der Waals surface area contributed by atoms with E-state index in [9.17, 15) is 4.79 Å². The third kappa shape index (κ3) is 5.30. The van der Waals surface area contributed by atoms with Crippen molar-refractivity contribution in [3.8, 4) is 0 Å². The molecule has 5 nitrogen and oxygen atoms in total. The summed E-state index contributed by atoms with van der Waals surface area (Å²) in [5.74, 6) is 0.194. The van der Waals surface area contributed by atoms with Crippen LogP contribution in [0.1, 0.15) is 32.9 Å². The maximum atomic E-state index is 12.7. The van der Waals surface area contributed by atoms with Gasteiger partial charge in [-0.3, -0.25) is 4.79 Å². The summed E-state index contributed by atoms with van der Waals surface area (Å²) in [5, 5.41) is 6.85. The molecule has 2 N–H and O–H groups in total. The zero-order chi connectivity index (χ0) is 20.1. The zero-order valence-electron chi connectivity index (χ0n) is 16.2. The van der Waals surface area contributed by atoms with Gasteiger partial charge in [-0.2, -0.15) is 0 Å². The molecule has 0 bridgehead atoms. The molecule has 0 unspecified atom stereocenters. The number of hydrogen-bond donors (Lipinski definition) is 2. The van der Waals surface area contributed by atoms with Crippen LogP contribution in [0, 0.1) is 20.8 Å². The molecule has 144 valence electrons. The third-order valence-corrected chi connectivity index (χ3v) is 4.59. The Balaban J connectivity index is 1.67. The minimum Gasteiger partial charge on any atom is -0.354 e. The lowest BCUT2D eigenvalue weighted by atomic mass is 10.1. The number of nitrogens with zero attached hydrogens (tertiary/aromatic N) is 2. The van der Waals surface area contributed by atoms with E-state index in [0.29, 0.717) is 18.2 Å². The van der Waals surface area contributed by atoms with Crippen molar-refractivity contribution in [2.45, 2.75) is 27.2 Å². The summed E-state index contributed by atoms with van der Waals surface area (Å²) in [6.07, 6.45) is 0.804. The van der Waals surface area contributed by atoms with Gasteiger partial charge in [-0.05, 0) is 68.1 Å². The van der Waals surface area contributed by atoms with Crippen molar-refractivity contribution in [2.24, 2.45) is 0 Å². The van der Waals surface area contributed by atoms with Gasteiger partial charge >= 0.3 is 0 Å². The van der Waals surface area contributed by atoms with Crippen LogP contribution in [0.4, 0.5) is 11.6 Å². The van der Waals surface area contributed by atoms with Crippen molar-refractivity contribution >= 4 is 29.1 Å². The predicted octanol–water partition coefficient (Wildman–Crippen LogP) is 4.96.